The highest BCUT2D eigenvalue weighted by Gasteiger charge is 2.24. The average Bonchev–Trinajstić information content (AvgIpc) is 3.25. The molecular formula is C17H18ClN5O3S. The first-order valence-corrected chi connectivity index (χ1v) is 9.48. The van der Waals surface area contributed by atoms with Gasteiger partial charge in [0.1, 0.15) is 0 Å². The summed E-state index contributed by atoms with van der Waals surface area (Å²) in [5, 5.41) is 8.12. The van der Waals surface area contributed by atoms with Gasteiger partial charge in [0.2, 0.25) is 11.8 Å². The van der Waals surface area contributed by atoms with Gasteiger partial charge in [-0.2, -0.15) is 0 Å². The lowest BCUT2D eigenvalue weighted by Crippen LogP contribution is -2.36. The van der Waals surface area contributed by atoms with E-state index >= 15 is 0 Å². The van der Waals surface area contributed by atoms with E-state index in [2.05, 4.69) is 15.6 Å². The molecule has 1 fully saturated rings. The van der Waals surface area contributed by atoms with Crippen LogP contribution < -0.4 is 15.5 Å². The van der Waals surface area contributed by atoms with Crippen LogP contribution in [0.4, 0.5) is 15.6 Å². The number of thiazole rings is 1. The van der Waals surface area contributed by atoms with Crippen LogP contribution in [-0.4, -0.2) is 54.4 Å². The number of urea groups is 1. The van der Waals surface area contributed by atoms with Gasteiger partial charge in [0.25, 0.3) is 0 Å². The molecular weight excluding hydrogens is 390 g/mol. The number of rotatable bonds is 6. The van der Waals surface area contributed by atoms with Gasteiger partial charge in [-0.15, -0.1) is 11.3 Å². The number of amides is 4. The fourth-order valence-electron chi connectivity index (χ4n) is 2.50. The zero-order chi connectivity index (χ0) is 19.4. The number of aromatic nitrogens is 1. The third kappa shape index (κ3) is 4.75. The summed E-state index contributed by atoms with van der Waals surface area (Å²) in [5.41, 5.74) is 1.07. The highest BCUT2D eigenvalue weighted by Crippen LogP contribution is 2.23. The van der Waals surface area contributed by atoms with Crippen molar-refractivity contribution in [3.63, 3.8) is 0 Å². The van der Waals surface area contributed by atoms with E-state index in [9.17, 15) is 14.4 Å². The minimum absolute atomic E-state index is 0.0574. The van der Waals surface area contributed by atoms with Crippen LogP contribution in [0.5, 0.6) is 0 Å². The molecule has 0 radical (unpaired) electrons. The van der Waals surface area contributed by atoms with Gasteiger partial charge in [-0.3, -0.25) is 14.5 Å². The van der Waals surface area contributed by atoms with Crippen molar-refractivity contribution >= 4 is 51.6 Å². The van der Waals surface area contributed by atoms with Crippen molar-refractivity contribution in [3.05, 3.63) is 40.4 Å². The predicted octanol–water partition coefficient (Wildman–Crippen LogP) is 1.97. The maximum Gasteiger partial charge on any atom is 0.323 e. The Bertz CT molecular complexity index is 872. The zero-order valence-corrected chi connectivity index (χ0v) is 16.1. The summed E-state index contributed by atoms with van der Waals surface area (Å²) in [4.78, 5) is 43.3. The van der Waals surface area contributed by atoms with Crippen LogP contribution in [0.2, 0.25) is 5.02 Å². The van der Waals surface area contributed by atoms with Crippen LogP contribution in [0.25, 0.3) is 0 Å². The van der Waals surface area contributed by atoms with E-state index in [-0.39, 0.29) is 30.8 Å². The van der Waals surface area contributed by atoms with Crippen molar-refractivity contribution in [2.45, 2.75) is 6.42 Å². The van der Waals surface area contributed by atoms with Crippen molar-refractivity contribution in [3.8, 4) is 0 Å². The molecule has 1 saturated heterocycles. The van der Waals surface area contributed by atoms with E-state index in [1.54, 1.807) is 41.6 Å². The summed E-state index contributed by atoms with van der Waals surface area (Å²) in [5.74, 6) is -0.585. The van der Waals surface area contributed by atoms with Crippen molar-refractivity contribution in [1.29, 1.82) is 0 Å². The summed E-state index contributed by atoms with van der Waals surface area (Å²) in [6.07, 6.45) is 0.0574. The molecule has 0 unspecified atom stereocenters. The highest BCUT2D eigenvalue weighted by molar-refractivity contribution is 7.14. The predicted molar refractivity (Wildman–Crippen MR) is 104 cm³/mol. The number of carbonyl (C=O) groups excluding carboxylic acids is 3. The fourth-order valence-corrected chi connectivity index (χ4v) is 3.53. The number of hydrogen-bond acceptors (Lipinski definition) is 5. The van der Waals surface area contributed by atoms with Crippen molar-refractivity contribution in [2.24, 2.45) is 0 Å². The number of likely N-dealkylation sites (N-methyl/N-ethyl adjacent to an activating group) is 1. The Morgan fingerprint density at radius 1 is 1.41 bits per heavy atom. The topological polar surface area (TPSA) is 94.6 Å². The van der Waals surface area contributed by atoms with Gasteiger partial charge >= 0.3 is 6.03 Å². The molecule has 27 heavy (non-hydrogen) atoms. The summed E-state index contributed by atoms with van der Waals surface area (Å²) >= 11 is 7.32. The first-order valence-electron chi connectivity index (χ1n) is 8.22. The third-order valence-corrected chi connectivity index (χ3v) is 5.16. The highest BCUT2D eigenvalue weighted by atomic mass is 35.5. The third-order valence-electron chi connectivity index (χ3n) is 3.91. The van der Waals surface area contributed by atoms with Gasteiger partial charge in [-0.1, -0.05) is 23.7 Å². The average molecular weight is 408 g/mol. The molecule has 3 rings (SSSR count). The SMILES string of the molecule is CN(CC(=O)Nc1ccccc1Cl)C(=O)Cc1csc(N2CCNC2=O)n1. The monoisotopic (exact) mass is 407 g/mol. The van der Waals surface area contributed by atoms with Gasteiger partial charge in [-0.25, -0.2) is 9.78 Å². The van der Waals surface area contributed by atoms with E-state index in [1.165, 1.54) is 16.2 Å². The van der Waals surface area contributed by atoms with Gasteiger partial charge < -0.3 is 15.5 Å². The number of hydrogen-bond donors (Lipinski definition) is 2. The largest absolute Gasteiger partial charge is 0.336 e. The van der Waals surface area contributed by atoms with Crippen LogP contribution in [0.3, 0.4) is 0 Å². The van der Waals surface area contributed by atoms with E-state index < -0.39 is 0 Å². The molecule has 1 aromatic carbocycles. The van der Waals surface area contributed by atoms with E-state index in [0.717, 1.165) is 0 Å². The van der Waals surface area contributed by atoms with Gasteiger partial charge in [0.05, 0.1) is 29.4 Å². The standard InChI is InChI=1S/C17H18ClN5O3S/c1-22(9-14(24)21-13-5-3-2-4-12(13)18)15(25)8-11-10-27-17(20-11)23-7-6-19-16(23)26/h2-5,10H,6-9H2,1H3,(H,19,26)(H,21,24). The number of nitrogens with one attached hydrogen (secondary N) is 2. The molecule has 0 saturated carbocycles. The summed E-state index contributed by atoms with van der Waals surface area (Å²) < 4.78 is 0. The molecule has 8 nitrogen and oxygen atoms in total. The zero-order valence-electron chi connectivity index (χ0n) is 14.6. The maximum absolute atomic E-state index is 12.4. The smallest absolute Gasteiger partial charge is 0.323 e. The second kappa shape index (κ2) is 8.36. The van der Waals surface area contributed by atoms with Crippen LogP contribution in [0.15, 0.2) is 29.6 Å². The quantitative estimate of drug-likeness (QED) is 0.765. The van der Waals surface area contributed by atoms with Crippen LogP contribution in [-0.2, 0) is 16.0 Å². The summed E-state index contributed by atoms with van der Waals surface area (Å²) in [7, 11) is 1.55. The number of nitrogens with zero attached hydrogens (tertiary/aromatic N) is 3. The van der Waals surface area contributed by atoms with Crippen LogP contribution >= 0.6 is 22.9 Å². The first-order chi connectivity index (χ1) is 12.9. The van der Waals surface area contributed by atoms with E-state index in [4.69, 9.17) is 11.6 Å². The Morgan fingerprint density at radius 3 is 2.89 bits per heavy atom. The number of halogens is 1. The van der Waals surface area contributed by atoms with E-state index in [0.29, 0.717) is 34.6 Å². The molecule has 2 heterocycles. The molecule has 0 atom stereocenters. The van der Waals surface area contributed by atoms with E-state index in [1.807, 2.05) is 0 Å². The Balaban J connectivity index is 1.53. The fraction of sp³-hybridized carbons (Fsp3) is 0.294. The first kappa shape index (κ1) is 19.1. The second-order valence-electron chi connectivity index (χ2n) is 5.96. The minimum atomic E-state index is -0.341. The molecule has 142 valence electrons. The molecule has 2 aromatic rings. The number of para-hydroxylation sites is 1. The van der Waals surface area contributed by atoms with Crippen LogP contribution in [0.1, 0.15) is 5.69 Å². The maximum atomic E-state index is 12.4. The lowest BCUT2D eigenvalue weighted by Gasteiger charge is -2.16. The Kier molecular flexibility index (Phi) is 5.92. The summed E-state index contributed by atoms with van der Waals surface area (Å²) in [6.45, 7) is 1.04. The van der Waals surface area contributed by atoms with Crippen molar-refractivity contribution in [1.82, 2.24) is 15.2 Å². The van der Waals surface area contributed by atoms with Gasteiger partial charge in [0.15, 0.2) is 5.13 Å². The molecule has 1 aliphatic heterocycles. The normalized spacial score (nSPS) is 13.4. The number of benzene rings is 1. The Hall–Kier alpha value is -2.65. The number of carbonyl (C=O) groups is 3. The van der Waals surface area contributed by atoms with Gasteiger partial charge in [0, 0.05) is 25.5 Å². The number of anilines is 2. The minimum Gasteiger partial charge on any atom is -0.336 e. The molecule has 1 aliphatic rings. The molecule has 1 aromatic heterocycles. The molecule has 4 amide bonds. The van der Waals surface area contributed by atoms with Crippen molar-refractivity contribution in [2.75, 3.05) is 36.9 Å². The molecule has 0 bridgehead atoms. The second-order valence-corrected chi connectivity index (χ2v) is 7.20. The molecule has 0 aliphatic carbocycles. The van der Waals surface area contributed by atoms with Gasteiger partial charge in [-0.05, 0) is 12.1 Å². The lowest BCUT2D eigenvalue weighted by atomic mass is 10.3. The Morgan fingerprint density at radius 2 is 2.19 bits per heavy atom. The molecule has 10 heteroatoms. The Labute approximate surface area is 165 Å². The summed E-state index contributed by atoms with van der Waals surface area (Å²) in [6, 6.07) is 6.70. The van der Waals surface area contributed by atoms with Crippen LogP contribution in [0, 0.1) is 0 Å². The molecule has 2 N–H and O–H groups in total. The molecule has 0 spiro atoms. The lowest BCUT2D eigenvalue weighted by molar-refractivity contribution is -0.132. The van der Waals surface area contributed by atoms with Crippen molar-refractivity contribution < 1.29 is 14.4 Å².